The van der Waals surface area contributed by atoms with E-state index in [4.69, 9.17) is 5.26 Å². The zero-order chi connectivity index (χ0) is 22.1. The first-order valence-electron chi connectivity index (χ1n) is 9.88. The minimum Gasteiger partial charge on any atom is -0.343 e. The summed E-state index contributed by atoms with van der Waals surface area (Å²) in [4.78, 5) is 26.2. The Morgan fingerprint density at radius 3 is 2.03 bits per heavy atom. The van der Waals surface area contributed by atoms with Crippen molar-refractivity contribution in [3.63, 3.8) is 0 Å². The van der Waals surface area contributed by atoms with Crippen LogP contribution < -0.4 is 10.6 Å². The largest absolute Gasteiger partial charge is 0.343 e. The molecular weight excluding hydrogens is 501 g/mol. The Bertz CT molecular complexity index is 1030. The molecule has 0 aliphatic heterocycles. The molecule has 0 bridgehead atoms. The molecule has 156 valence electrons. The molecule has 3 aromatic carbocycles. The van der Waals surface area contributed by atoms with E-state index >= 15 is 0 Å². The number of carbonyl (C=O) groups excluding carboxylic acids is 2. The van der Waals surface area contributed by atoms with Crippen molar-refractivity contribution in [1.82, 2.24) is 10.6 Å². The minimum absolute atomic E-state index is 0.113. The van der Waals surface area contributed by atoms with Crippen molar-refractivity contribution in [3.8, 4) is 6.07 Å². The van der Waals surface area contributed by atoms with Crippen molar-refractivity contribution in [2.24, 2.45) is 0 Å². The van der Waals surface area contributed by atoms with Crippen LogP contribution in [0.25, 0.3) is 0 Å². The van der Waals surface area contributed by atoms with Crippen molar-refractivity contribution >= 4 is 34.4 Å². The SMILES string of the molecule is N#CCNC(=O)[C@@H](Cc1cccc(I)c1)NC(=O)C(c1ccccc1)c1ccccc1. The fourth-order valence-corrected chi connectivity index (χ4v) is 4.01. The van der Waals surface area contributed by atoms with Gasteiger partial charge in [-0.05, 0) is 51.4 Å². The fraction of sp³-hybridized carbons (Fsp3) is 0.160. The van der Waals surface area contributed by atoms with Crippen molar-refractivity contribution in [3.05, 3.63) is 105 Å². The van der Waals surface area contributed by atoms with Crippen LogP contribution in [0, 0.1) is 14.9 Å². The van der Waals surface area contributed by atoms with Crippen LogP contribution in [0.15, 0.2) is 84.9 Å². The summed E-state index contributed by atoms with van der Waals surface area (Å²) in [6.07, 6.45) is 0.330. The number of amides is 2. The van der Waals surface area contributed by atoms with Crippen molar-refractivity contribution in [2.45, 2.75) is 18.4 Å². The number of nitrogens with one attached hydrogen (secondary N) is 2. The molecule has 0 aliphatic carbocycles. The van der Waals surface area contributed by atoms with Gasteiger partial charge in [-0.25, -0.2) is 0 Å². The molecule has 0 unspecified atom stereocenters. The van der Waals surface area contributed by atoms with Gasteiger partial charge in [0.05, 0.1) is 12.0 Å². The standard InChI is InChI=1S/C25H22IN3O2/c26-21-13-7-8-18(16-21)17-22(24(30)28-15-14-27)29-25(31)23(19-9-3-1-4-10-19)20-11-5-2-6-12-20/h1-13,16,22-23H,15,17H2,(H,28,30)(H,29,31)/t22-/m1/s1. The first-order chi connectivity index (χ1) is 15.1. The molecule has 0 spiro atoms. The summed E-state index contributed by atoms with van der Waals surface area (Å²) in [7, 11) is 0. The number of nitrogens with zero attached hydrogens (tertiary/aromatic N) is 1. The maximum Gasteiger partial charge on any atom is 0.243 e. The lowest BCUT2D eigenvalue weighted by molar-refractivity contribution is -0.129. The van der Waals surface area contributed by atoms with E-state index in [0.29, 0.717) is 6.42 Å². The second kappa shape index (κ2) is 11.3. The lowest BCUT2D eigenvalue weighted by atomic mass is 9.90. The van der Waals surface area contributed by atoms with Gasteiger partial charge in [-0.15, -0.1) is 0 Å². The summed E-state index contributed by atoms with van der Waals surface area (Å²) in [6, 6.07) is 27.9. The molecule has 2 N–H and O–H groups in total. The number of rotatable bonds is 8. The Labute approximate surface area is 195 Å². The third kappa shape index (κ3) is 6.40. The van der Waals surface area contributed by atoms with Crippen LogP contribution in [0.5, 0.6) is 0 Å². The van der Waals surface area contributed by atoms with Crippen molar-refractivity contribution in [2.75, 3.05) is 6.54 Å². The summed E-state index contributed by atoms with van der Waals surface area (Å²) in [5.74, 6) is -1.20. The number of halogens is 1. The average molecular weight is 523 g/mol. The van der Waals surface area contributed by atoms with Crippen LogP contribution >= 0.6 is 22.6 Å². The zero-order valence-corrected chi connectivity index (χ0v) is 19.0. The molecule has 0 saturated carbocycles. The summed E-state index contributed by atoms with van der Waals surface area (Å²) >= 11 is 2.21. The minimum atomic E-state index is -0.797. The molecule has 6 heteroatoms. The summed E-state index contributed by atoms with van der Waals surface area (Å²) < 4.78 is 1.05. The predicted molar refractivity (Wildman–Crippen MR) is 128 cm³/mol. The third-order valence-corrected chi connectivity index (χ3v) is 5.50. The van der Waals surface area contributed by atoms with Crippen LogP contribution in [0.2, 0.25) is 0 Å². The zero-order valence-electron chi connectivity index (χ0n) is 16.8. The van der Waals surface area contributed by atoms with Crippen LogP contribution in [0.4, 0.5) is 0 Å². The second-order valence-electron chi connectivity index (χ2n) is 7.03. The van der Waals surface area contributed by atoms with Crippen molar-refractivity contribution < 1.29 is 9.59 Å². The van der Waals surface area contributed by atoms with Gasteiger partial charge >= 0.3 is 0 Å². The molecule has 0 radical (unpaired) electrons. The number of nitriles is 1. The molecule has 31 heavy (non-hydrogen) atoms. The number of hydrogen-bond donors (Lipinski definition) is 2. The lowest BCUT2D eigenvalue weighted by Crippen LogP contribution is -2.49. The molecule has 2 amide bonds. The molecule has 0 aliphatic rings. The summed E-state index contributed by atoms with van der Waals surface area (Å²) in [5.41, 5.74) is 2.62. The molecule has 0 aromatic heterocycles. The highest BCUT2D eigenvalue weighted by molar-refractivity contribution is 14.1. The third-order valence-electron chi connectivity index (χ3n) is 4.83. The molecular formula is C25H22IN3O2. The Morgan fingerprint density at radius 2 is 1.48 bits per heavy atom. The van der Waals surface area contributed by atoms with Gasteiger partial charge in [0.25, 0.3) is 0 Å². The van der Waals surface area contributed by atoms with Crippen LogP contribution in [0.3, 0.4) is 0 Å². The molecule has 0 fully saturated rings. The van der Waals surface area contributed by atoms with E-state index in [1.807, 2.05) is 91.0 Å². The van der Waals surface area contributed by atoms with Crippen LogP contribution in [0.1, 0.15) is 22.6 Å². The maximum atomic E-state index is 13.4. The van der Waals surface area contributed by atoms with Crippen molar-refractivity contribution in [1.29, 1.82) is 5.26 Å². The summed E-state index contributed by atoms with van der Waals surface area (Å²) in [6.45, 7) is -0.113. The van der Waals surface area contributed by atoms with E-state index in [9.17, 15) is 9.59 Å². The molecule has 3 aromatic rings. The van der Waals surface area contributed by atoms with E-state index in [-0.39, 0.29) is 18.4 Å². The van der Waals surface area contributed by atoms with Gasteiger partial charge in [0.2, 0.25) is 11.8 Å². The van der Waals surface area contributed by atoms with E-state index < -0.39 is 12.0 Å². The molecule has 0 saturated heterocycles. The highest BCUT2D eigenvalue weighted by Gasteiger charge is 2.28. The first kappa shape index (κ1) is 22.5. The van der Waals surface area contributed by atoms with Gasteiger partial charge in [0.1, 0.15) is 12.6 Å². The predicted octanol–water partition coefficient (Wildman–Crippen LogP) is 3.79. The number of carbonyl (C=O) groups is 2. The second-order valence-corrected chi connectivity index (χ2v) is 8.27. The normalized spacial score (nSPS) is 11.4. The van der Waals surface area contributed by atoms with Gasteiger partial charge in [-0.3, -0.25) is 9.59 Å². The fourth-order valence-electron chi connectivity index (χ4n) is 3.40. The van der Waals surface area contributed by atoms with E-state index in [0.717, 1.165) is 20.3 Å². The van der Waals surface area contributed by atoms with E-state index in [1.54, 1.807) is 0 Å². The Morgan fingerprint density at radius 1 is 0.871 bits per heavy atom. The number of benzene rings is 3. The topological polar surface area (TPSA) is 82.0 Å². The Kier molecular flexibility index (Phi) is 8.19. The highest BCUT2D eigenvalue weighted by atomic mass is 127. The molecule has 1 atom stereocenters. The van der Waals surface area contributed by atoms with Gasteiger partial charge in [0.15, 0.2) is 0 Å². The first-order valence-corrected chi connectivity index (χ1v) is 11.0. The highest BCUT2D eigenvalue weighted by Crippen LogP contribution is 2.25. The maximum absolute atomic E-state index is 13.4. The lowest BCUT2D eigenvalue weighted by Gasteiger charge is -2.23. The Balaban J connectivity index is 1.89. The van der Waals surface area contributed by atoms with Crippen LogP contribution in [-0.4, -0.2) is 24.4 Å². The van der Waals surface area contributed by atoms with E-state index in [1.165, 1.54) is 0 Å². The summed E-state index contributed by atoms with van der Waals surface area (Å²) in [5, 5.41) is 14.3. The van der Waals surface area contributed by atoms with Gasteiger partial charge < -0.3 is 10.6 Å². The Hall–Kier alpha value is -3.18. The molecule has 3 rings (SSSR count). The van der Waals surface area contributed by atoms with Gasteiger partial charge in [-0.1, -0.05) is 72.8 Å². The smallest absolute Gasteiger partial charge is 0.243 e. The molecule has 0 heterocycles. The van der Waals surface area contributed by atoms with Gasteiger partial charge in [-0.2, -0.15) is 5.26 Å². The van der Waals surface area contributed by atoms with Crippen LogP contribution in [-0.2, 0) is 16.0 Å². The monoisotopic (exact) mass is 523 g/mol. The average Bonchev–Trinajstić information content (AvgIpc) is 2.78. The number of hydrogen-bond acceptors (Lipinski definition) is 3. The molecule has 5 nitrogen and oxygen atoms in total. The quantitative estimate of drug-likeness (QED) is 0.348. The van der Waals surface area contributed by atoms with E-state index in [2.05, 4.69) is 33.2 Å². The van der Waals surface area contributed by atoms with Gasteiger partial charge in [0, 0.05) is 9.99 Å².